The number of rotatable bonds is 6. The molecule has 2 rings (SSSR count). The summed E-state index contributed by atoms with van der Waals surface area (Å²) in [5.74, 6) is -0.0181. The molecule has 0 aliphatic rings. The van der Waals surface area contributed by atoms with Crippen LogP contribution in [0.15, 0.2) is 35.8 Å². The number of nitrogens with one attached hydrogen (secondary N) is 2. The highest BCUT2D eigenvalue weighted by atomic mass is 32.1. The zero-order chi connectivity index (χ0) is 13.5. The largest absolute Gasteiger partial charge is 0.325 e. The van der Waals surface area contributed by atoms with Gasteiger partial charge in [-0.2, -0.15) is 0 Å². The number of anilines is 1. The summed E-state index contributed by atoms with van der Waals surface area (Å²) >= 11 is 1.60. The van der Waals surface area contributed by atoms with E-state index in [1.54, 1.807) is 17.5 Å². The van der Waals surface area contributed by atoms with E-state index in [1.165, 1.54) is 0 Å². The summed E-state index contributed by atoms with van der Waals surface area (Å²) in [6, 6.07) is 7.73. The fourth-order valence-corrected chi connectivity index (χ4v) is 2.29. The Labute approximate surface area is 116 Å². The number of benzene rings is 1. The van der Waals surface area contributed by atoms with Gasteiger partial charge in [-0.05, 0) is 37.2 Å². The van der Waals surface area contributed by atoms with Crippen molar-refractivity contribution in [3.63, 3.8) is 0 Å². The van der Waals surface area contributed by atoms with Crippen molar-refractivity contribution >= 4 is 22.9 Å². The maximum atomic E-state index is 11.6. The molecule has 0 radical (unpaired) electrons. The molecule has 2 N–H and O–H groups in total. The molecular weight excluding hydrogens is 258 g/mol. The molecule has 1 aromatic heterocycles. The number of carbonyl (C=O) groups excluding carboxylic acids is 1. The summed E-state index contributed by atoms with van der Waals surface area (Å²) in [7, 11) is 0. The molecule has 0 unspecified atom stereocenters. The smallest absolute Gasteiger partial charge is 0.238 e. The maximum absolute atomic E-state index is 11.6. The standard InChI is InChI=1S/C14H17N3OS/c1-2-7-15-10-13(18)17-12-5-3-11(4-6-12)14-16-8-9-19-14/h3-6,8-9,15H,2,7,10H2,1H3,(H,17,18). The first-order valence-electron chi connectivity index (χ1n) is 6.30. The Morgan fingerprint density at radius 1 is 1.32 bits per heavy atom. The van der Waals surface area contributed by atoms with Crippen molar-refractivity contribution in [3.05, 3.63) is 35.8 Å². The van der Waals surface area contributed by atoms with Crippen molar-refractivity contribution in [2.45, 2.75) is 13.3 Å². The van der Waals surface area contributed by atoms with E-state index in [0.29, 0.717) is 6.54 Å². The summed E-state index contributed by atoms with van der Waals surface area (Å²) in [5.41, 5.74) is 1.88. The third-order valence-electron chi connectivity index (χ3n) is 2.56. The highest BCUT2D eigenvalue weighted by molar-refractivity contribution is 7.13. The molecule has 0 saturated heterocycles. The number of hydrogen-bond donors (Lipinski definition) is 2. The first kappa shape index (κ1) is 13.7. The van der Waals surface area contributed by atoms with E-state index >= 15 is 0 Å². The van der Waals surface area contributed by atoms with Gasteiger partial charge >= 0.3 is 0 Å². The van der Waals surface area contributed by atoms with Crippen LogP contribution in [-0.2, 0) is 4.79 Å². The minimum absolute atomic E-state index is 0.0181. The SMILES string of the molecule is CCCNCC(=O)Nc1ccc(-c2nccs2)cc1. The second-order valence-electron chi connectivity index (χ2n) is 4.14. The van der Waals surface area contributed by atoms with Crippen molar-refractivity contribution in [1.29, 1.82) is 0 Å². The second kappa shape index (κ2) is 7.01. The molecule has 0 atom stereocenters. The quantitative estimate of drug-likeness (QED) is 0.797. The molecule has 100 valence electrons. The van der Waals surface area contributed by atoms with E-state index in [4.69, 9.17) is 0 Å². The van der Waals surface area contributed by atoms with E-state index in [-0.39, 0.29) is 5.91 Å². The zero-order valence-electron chi connectivity index (χ0n) is 10.8. The van der Waals surface area contributed by atoms with E-state index < -0.39 is 0 Å². The second-order valence-corrected chi connectivity index (χ2v) is 5.03. The zero-order valence-corrected chi connectivity index (χ0v) is 11.7. The molecular formula is C14H17N3OS. The Morgan fingerprint density at radius 2 is 2.11 bits per heavy atom. The van der Waals surface area contributed by atoms with Gasteiger partial charge in [0.05, 0.1) is 6.54 Å². The van der Waals surface area contributed by atoms with Gasteiger partial charge in [-0.25, -0.2) is 4.98 Å². The van der Waals surface area contributed by atoms with Gasteiger partial charge in [0.25, 0.3) is 0 Å². The van der Waals surface area contributed by atoms with Crippen LogP contribution in [0.4, 0.5) is 5.69 Å². The fourth-order valence-electron chi connectivity index (χ4n) is 1.65. The normalized spacial score (nSPS) is 10.4. The van der Waals surface area contributed by atoms with Crippen LogP contribution in [0.1, 0.15) is 13.3 Å². The first-order valence-corrected chi connectivity index (χ1v) is 7.18. The lowest BCUT2D eigenvalue weighted by atomic mass is 10.2. The molecule has 1 heterocycles. The fraction of sp³-hybridized carbons (Fsp3) is 0.286. The maximum Gasteiger partial charge on any atom is 0.238 e. The number of thiazole rings is 1. The van der Waals surface area contributed by atoms with Crippen LogP contribution in [0.3, 0.4) is 0 Å². The van der Waals surface area contributed by atoms with E-state index in [9.17, 15) is 4.79 Å². The Balaban J connectivity index is 1.90. The highest BCUT2D eigenvalue weighted by Crippen LogP contribution is 2.23. The predicted molar refractivity (Wildman–Crippen MR) is 79.3 cm³/mol. The lowest BCUT2D eigenvalue weighted by molar-refractivity contribution is -0.115. The Morgan fingerprint density at radius 3 is 2.74 bits per heavy atom. The molecule has 4 nitrogen and oxygen atoms in total. The molecule has 19 heavy (non-hydrogen) atoms. The van der Waals surface area contributed by atoms with Crippen LogP contribution in [0.5, 0.6) is 0 Å². The van der Waals surface area contributed by atoms with Crippen molar-refractivity contribution in [3.8, 4) is 10.6 Å². The van der Waals surface area contributed by atoms with Gasteiger partial charge in [0, 0.05) is 22.8 Å². The molecule has 1 amide bonds. The summed E-state index contributed by atoms with van der Waals surface area (Å²) in [5, 5.41) is 8.86. The summed E-state index contributed by atoms with van der Waals surface area (Å²) in [6.07, 6.45) is 2.81. The molecule has 0 bridgehead atoms. The van der Waals surface area contributed by atoms with E-state index in [2.05, 4.69) is 22.5 Å². The minimum Gasteiger partial charge on any atom is -0.325 e. The van der Waals surface area contributed by atoms with Gasteiger partial charge in [-0.3, -0.25) is 4.79 Å². The summed E-state index contributed by atoms with van der Waals surface area (Å²) in [6.45, 7) is 3.28. The van der Waals surface area contributed by atoms with Crippen molar-refractivity contribution < 1.29 is 4.79 Å². The third-order valence-corrected chi connectivity index (χ3v) is 3.38. The van der Waals surface area contributed by atoms with Crippen LogP contribution in [0, 0.1) is 0 Å². The van der Waals surface area contributed by atoms with Gasteiger partial charge in [-0.1, -0.05) is 6.92 Å². The molecule has 0 fully saturated rings. The number of carbonyl (C=O) groups is 1. The number of aromatic nitrogens is 1. The topological polar surface area (TPSA) is 54.0 Å². The average Bonchev–Trinajstić information content (AvgIpc) is 2.94. The Hall–Kier alpha value is -1.72. The van der Waals surface area contributed by atoms with Gasteiger partial charge in [-0.15, -0.1) is 11.3 Å². The molecule has 0 spiro atoms. The molecule has 2 aromatic rings. The Kier molecular flexibility index (Phi) is 5.06. The minimum atomic E-state index is -0.0181. The first-order chi connectivity index (χ1) is 9.29. The highest BCUT2D eigenvalue weighted by Gasteiger charge is 2.03. The van der Waals surface area contributed by atoms with Gasteiger partial charge in [0.2, 0.25) is 5.91 Å². The van der Waals surface area contributed by atoms with E-state index in [0.717, 1.165) is 29.2 Å². The molecule has 5 heteroatoms. The number of amides is 1. The van der Waals surface area contributed by atoms with Crippen LogP contribution in [0.2, 0.25) is 0 Å². The van der Waals surface area contributed by atoms with Gasteiger partial charge < -0.3 is 10.6 Å². The van der Waals surface area contributed by atoms with Crippen LogP contribution < -0.4 is 10.6 Å². The lowest BCUT2D eigenvalue weighted by Gasteiger charge is -2.06. The van der Waals surface area contributed by atoms with Crippen molar-refractivity contribution in [2.75, 3.05) is 18.4 Å². The molecule has 0 saturated carbocycles. The number of hydrogen-bond acceptors (Lipinski definition) is 4. The monoisotopic (exact) mass is 275 g/mol. The van der Waals surface area contributed by atoms with Crippen LogP contribution in [0.25, 0.3) is 10.6 Å². The average molecular weight is 275 g/mol. The van der Waals surface area contributed by atoms with Gasteiger partial charge in [0.15, 0.2) is 0 Å². The van der Waals surface area contributed by atoms with Gasteiger partial charge in [0.1, 0.15) is 5.01 Å². The van der Waals surface area contributed by atoms with Crippen LogP contribution >= 0.6 is 11.3 Å². The Bertz CT molecular complexity index is 508. The molecule has 1 aromatic carbocycles. The predicted octanol–water partition coefficient (Wildman–Crippen LogP) is 2.75. The van der Waals surface area contributed by atoms with Crippen LogP contribution in [-0.4, -0.2) is 24.0 Å². The summed E-state index contributed by atoms with van der Waals surface area (Å²) in [4.78, 5) is 15.9. The van der Waals surface area contributed by atoms with E-state index in [1.807, 2.05) is 29.6 Å². The van der Waals surface area contributed by atoms with Crippen molar-refractivity contribution in [2.24, 2.45) is 0 Å². The molecule has 0 aliphatic heterocycles. The third kappa shape index (κ3) is 4.15. The lowest BCUT2D eigenvalue weighted by Crippen LogP contribution is -2.28. The molecule has 0 aliphatic carbocycles. The van der Waals surface area contributed by atoms with Crippen molar-refractivity contribution in [1.82, 2.24) is 10.3 Å². The number of nitrogens with zero attached hydrogens (tertiary/aromatic N) is 1. The summed E-state index contributed by atoms with van der Waals surface area (Å²) < 4.78 is 0.